The first kappa shape index (κ1) is 11.3. The molecule has 0 aromatic heterocycles. The predicted molar refractivity (Wildman–Crippen MR) is 52.2 cm³/mol. The minimum absolute atomic E-state index is 0.0965. The molecule has 1 fully saturated rings. The largest absolute Gasteiger partial charge is 0.480 e. The lowest BCUT2D eigenvalue weighted by atomic mass is 10.1. The molecule has 6 heteroatoms. The molecule has 0 aromatic carbocycles. The lowest BCUT2D eigenvalue weighted by Crippen LogP contribution is -2.44. The molecule has 0 radical (unpaired) electrons. The Morgan fingerprint density at radius 3 is 2.71 bits per heavy atom. The van der Waals surface area contributed by atoms with E-state index in [0.717, 1.165) is 0 Å². The van der Waals surface area contributed by atoms with Crippen molar-refractivity contribution in [3.05, 3.63) is 0 Å². The number of rotatable bonds is 4. The Hall–Kier alpha value is -0.750. The average molecular weight is 219 g/mol. The Morgan fingerprint density at radius 1 is 1.71 bits per heavy atom. The zero-order chi connectivity index (χ0) is 10.7. The van der Waals surface area contributed by atoms with Crippen molar-refractivity contribution in [2.45, 2.75) is 12.5 Å². The van der Waals surface area contributed by atoms with E-state index in [2.05, 4.69) is 12.6 Å². The number of likely N-dealkylation sites (tertiary alicyclic amines) is 1. The lowest BCUT2D eigenvalue weighted by Gasteiger charge is -2.22. The molecule has 14 heavy (non-hydrogen) atoms. The minimum Gasteiger partial charge on any atom is -0.480 e. The Balaban J connectivity index is 2.68. The van der Waals surface area contributed by atoms with Crippen LogP contribution in [-0.4, -0.2) is 51.9 Å². The van der Waals surface area contributed by atoms with Gasteiger partial charge in [0, 0.05) is 13.0 Å². The van der Waals surface area contributed by atoms with E-state index in [4.69, 9.17) is 10.2 Å². The average Bonchev–Trinajstić information content (AvgIpc) is 2.48. The van der Waals surface area contributed by atoms with Gasteiger partial charge in [-0.1, -0.05) is 0 Å². The number of aliphatic carboxylic acids is 1. The molecule has 0 spiro atoms. The number of hydrogen-bond acceptors (Lipinski definition) is 4. The van der Waals surface area contributed by atoms with Gasteiger partial charge in [-0.2, -0.15) is 12.6 Å². The first-order valence-electron chi connectivity index (χ1n) is 4.34. The van der Waals surface area contributed by atoms with Crippen molar-refractivity contribution >= 4 is 24.5 Å². The van der Waals surface area contributed by atoms with Crippen molar-refractivity contribution in [1.82, 2.24) is 4.90 Å². The number of thiol groups is 1. The second kappa shape index (κ2) is 4.65. The zero-order valence-electron chi connectivity index (χ0n) is 7.59. The summed E-state index contributed by atoms with van der Waals surface area (Å²) in [5.41, 5.74) is 0. The van der Waals surface area contributed by atoms with E-state index in [1.54, 1.807) is 0 Å². The van der Waals surface area contributed by atoms with Gasteiger partial charge in [0.15, 0.2) is 6.04 Å². The van der Waals surface area contributed by atoms with Crippen LogP contribution in [0.1, 0.15) is 6.42 Å². The van der Waals surface area contributed by atoms with E-state index in [-0.39, 0.29) is 11.8 Å². The molecule has 1 saturated heterocycles. The Kier molecular flexibility index (Phi) is 3.77. The molecule has 1 heterocycles. The molecule has 80 valence electrons. The summed E-state index contributed by atoms with van der Waals surface area (Å²) in [6.07, 6.45) is 0.327. The maximum atomic E-state index is 11.4. The van der Waals surface area contributed by atoms with Gasteiger partial charge in [-0.25, -0.2) is 4.79 Å². The third-order valence-corrected chi connectivity index (χ3v) is 2.85. The van der Waals surface area contributed by atoms with Crippen molar-refractivity contribution in [2.24, 2.45) is 5.92 Å². The van der Waals surface area contributed by atoms with Crippen molar-refractivity contribution in [1.29, 1.82) is 0 Å². The highest BCUT2D eigenvalue weighted by Gasteiger charge is 2.36. The summed E-state index contributed by atoms with van der Waals surface area (Å²) < 4.78 is 0. The smallest absolute Gasteiger partial charge is 0.328 e. The molecule has 1 aliphatic heterocycles. The number of hydrogen-bond donors (Lipinski definition) is 3. The summed E-state index contributed by atoms with van der Waals surface area (Å²) in [5, 5.41) is 17.6. The van der Waals surface area contributed by atoms with Gasteiger partial charge in [0.25, 0.3) is 0 Å². The van der Waals surface area contributed by atoms with E-state index in [0.29, 0.717) is 18.7 Å². The summed E-state index contributed by atoms with van der Waals surface area (Å²) in [7, 11) is 0. The minimum atomic E-state index is -1.17. The van der Waals surface area contributed by atoms with Crippen LogP contribution < -0.4 is 0 Å². The monoisotopic (exact) mass is 219 g/mol. The molecule has 2 atom stereocenters. The van der Waals surface area contributed by atoms with Crippen LogP contribution in [-0.2, 0) is 9.59 Å². The number of aliphatic hydroxyl groups is 1. The maximum absolute atomic E-state index is 11.4. The molecular weight excluding hydrogens is 206 g/mol. The zero-order valence-corrected chi connectivity index (χ0v) is 8.48. The van der Waals surface area contributed by atoms with Crippen molar-refractivity contribution in [2.75, 3.05) is 18.9 Å². The van der Waals surface area contributed by atoms with Gasteiger partial charge in [-0.05, 0) is 11.7 Å². The summed E-state index contributed by atoms with van der Waals surface area (Å²) in [4.78, 5) is 23.3. The molecule has 5 nitrogen and oxygen atoms in total. The van der Waals surface area contributed by atoms with Gasteiger partial charge in [0.05, 0.1) is 6.61 Å². The highest BCUT2D eigenvalue weighted by molar-refractivity contribution is 7.80. The number of carbonyl (C=O) groups excluding carboxylic acids is 1. The third kappa shape index (κ3) is 2.19. The van der Waals surface area contributed by atoms with E-state index in [9.17, 15) is 9.59 Å². The van der Waals surface area contributed by atoms with E-state index in [1.165, 1.54) is 4.90 Å². The highest BCUT2D eigenvalue weighted by Crippen LogP contribution is 2.21. The fourth-order valence-electron chi connectivity index (χ4n) is 1.54. The number of aliphatic hydroxyl groups excluding tert-OH is 1. The lowest BCUT2D eigenvalue weighted by molar-refractivity contribution is -0.149. The van der Waals surface area contributed by atoms with Gasteiger partial charge in [0.2, 0.25) is 5.91 Å². The molecular formula is C8H13NO4S. The topological polar surface area (TPSA) is 77.8 Å². The fourth-order valence-corrected chi connectivity index (χ4v) is 1.79. The number of nitrogens with zero attached hydrogens (tertiary/aromatic N) is 1. The number of carboxylic acid groups (broad SMARTS) is 1. The Labute approximate surface area is 87.1 Å². The number of carbonyl (C=O) groups is 2. The molecule has 1 rings (SSSR count). The van der Waals surface area contributed by atoms with Crippen LogP contribution >= 0.6 is 12.6 Å². The van der Waals surface area contributed by atoms with Gasteiger partial charge >= 0.3 is 5.97 Å². The highest BCUT2D eigenvalue weighted by atomic mass is 32.1. The number of carboxylic acids is 1. The fraction of sp³-hybridized carbons (Fsp3) is 0.750. The second-order valence-corrected chi connectivity index (χ2v) is 3.70. The molecule has 0 bridgehead atoms. The molecule has 0 aliphatic carbocycles. The molecule has 0 saturated carbocycles. The van der Waals surface area contributed by atoms with Crippen LogP contribution in [0, 0.1) is 5.92 Å². The molecule has 2 unspecified atom stereocenters. The van der Waals surface area contributed by atoms with Crippen LogP contribution in [0.25, 0.3) is 0 Å². The molecule has 2 N–H and O–H groups in total. The molecule has 1 amide bonds. The van der Waals surface area contributed by atoms with E-state index < -0.39 is 18.6 Å². The number of amides is 1. The Morgan fingerprint density at radius 2 is 2.36 bits per heavy atom. The van der Waals surface area contributed by atoms with Crippen LogP contribution in [0.5, 0.6) is 0 Å². The molecule has 1 aliphatic rings. The van der Waals surface area contributed by atoms with Gasteiger partial charge in [0.1, 0.15) is 0 Å². The first-order chi connectivity index (χ1) is 6.60. The van der Waals surface area contributed by atoms with Gasteiger partial charge in [-0.3, -0.25) is 4.79 Å². The summed E-state index contributed by atoms with van der Waals surface area (Å²) in [6.45, 7) is -0.166. The summed E-state index contributed by atoms with van der Waals surface area (Å²) >= 11 is 4.06. The van der Waals surface area contributed by atoms with Crippen LogP contribution in [0.3, 0.4) is 0 Å². The van der Waals surface area contributed by atoms with E-state index >= 15 is 0 Å². The Bertz CT molecular complexity index is 245. The van der Waals surface area contributed by atoms with Crippen LogP contribution in [0.2, 0.25) is 0 Å². The summed E-state index contributed by atoms with van der Waals surface area (Å²) in [5.74, 6) is -0.731. The maximum Gasteiger partial charge on any atom is 0.328 e. The first-order valence-corrected chi connectivity index (χ1v) is 4.97. The SMILES string of the molecule is O=C(O)C(CO)N1CC(CS)CC1=O. The second-order valence-electron chi connectivity index (χ2n) is 3.34. The van der Waals surface area contributed by atoms with Gasteiger partial charge in [-0.15, -0.1) is 0 Å². The van der Waals surface area contributed by atoms with E-state index in [1.807, 2.05) is 0 Å². The van der Waals surface area contributed by atoms with Crippen molar-refractivity contribution in [3.8, 4) is 0 Å². The quantitative estimate of drug-likeness (QED) is 0.541. The normalized spacial score (nSPS) is 24.0. The summed E-state index contributed by atoms with van der Waals surface area (Å²) in [6, 6.07) is -1.10. The molecule has 0 aromatic rings. The predicted octanol–water partition coefficient (Wildman–Crippen LogP) is -0.790. The standard InChI is InChI=1S/C8H13NO4S/c10-3-6(8(12)13)9-2-5(4-14)1-7(9)11/h5-6,10,14H,1-4H2,(H,12,13). The van der Waals surface area contributed by atoms with Crippen molar-refractivity contribution in [3.63, 3.8) is 0 Å². The third-order valence-electron chi connectivity index (χ3n) is 2.33. The van der Waals surface area contributed by atoms with Gasteiger partial charge < -0.3 is 15.1 Å². The van der Waals surface area contributed by atoms with Crippen molar-refractivity contribution < 1.29 is 19.8 Å². The van der Waals surface area contributed by atoms with Crippen LogP contribution in [0.15, 0.2) is 0 Å². The van der Waals surface area contributed by atoms with Crippen LogP contribution in [0.4, 0.5) is 0 Å².